The number of hydrogen-bond donors (Lipinski definition) is 5. The lowest BCUT2D eigenvalue weighted by Crippen LogP contribution is -2.18. The van der Waals surface area contributed by atoms with E-state index in [-0.39, 0.29) is 76.1 Å². The van der Waals surface area contributed by atoms with Crippen molar-refractivity contribution in [3.63, 3.8) is 0 Å². The topological polar surface area (TPSA) is 171 Å². The summed E-state index contributed by atoms with van der Waals surface area (Å²) in [6.07, 6.45) is 37.6. The van der Waals surface area contributed by atoms with Gasteiger partial charge in [-0.25, -0.2) is 0 Å². The molecule has 3 aromatic rings. The largest absolute Gasteiger partial charge is 0.481 e. The molecule has 0 saturated heterocycles. The number of carbonyl (C=O) groups excluding carboxylic acids is 2. The Kier molecular flexibility index (Phi) is 37.9. The third-order valence-electron chi connectivity index (χ3n) is 18.0. The van der Waals surface area contributed by atoms with Crippen LogP contribution in [0.15, 0.2) is 109 Å². The maximum Gasteiger partial charge on any atom is 0.305 e. The van der Waals surface area contributed by atoms with Gasteiger partial charge in [0, 0.05) is 53.1 Å². The Morgan fingerprint density at radius 2 is 0.805 bits per heavy atom. The fraction of sp³-hybridized carbons (Fsp3) is 0.635. The van der Waals surface area contributed by atoms with Gasteiger partial charge in [-0.2, -0.15) is 0 Å². The van der Waals surface area contributed by atoms with E-state index in [9.17, 15) is 34.8 Å². The van der Waals surface area contributed by atoms with E-state index in [0.29, 0.717) is 38.5 Å². The second-order valence-corrected chi connectivity index (χ2v) is 26.3. The van der Waals surface area contributed by atoms with Crippen LogP contribution in [0.25, 0.3) is 0 Å². The van der Waals surface area contributed by atoms with Crippen molar-refractivity contribution in [2.45, 2.75) is 265 Å². The zero-order valence-electron chi connectivity index (χ0n) is 53.3. The van der Waals surface area contributed by atoms with E-state index < -0.39 is 24.3 Å². The minimum Gasteiger partial charge on any atom is -0.481 e. The van der Waals surface area contributed by atoms with Crippen LogP contribution in [0, 0.1) is 17.8 Å². The Morgan fingerprint density at radius 3 is 1.14 bits per heavy atom. The summed E-state index contributed by atoms with van der Waals surface area (Å²) in [6, 6.07) is 25.6. The first-order valence-electron chi connectivity index (χ1n) is 33.3. The van der Waals surface area contributed by atoms with E-state index in [1.165, 1.54) is 87.8 Å². The monoisotopic (exact) mass is 1260 g/mol. The van der Waals surface area contributed by atoms with Crippen LogP contribution in [0.5, 0.6) is 0 Å². The SMILES string of the molecule is CCCCCC(O)c1ccc([C@@H]2[C@@H](C/C=C\CCCC(=O)OC)[C@H](Cl)C[C@H]2O)cc1.CCCCCCc1ccc([C@@H]2[C@@H](C/C=C\CCCC(=O)O)[C@H](Cl)C[C@H]2O)cc1.CCCCCCc1ccc([C@@H]2[C@@H](C/C=C\CCCC(=O)OC)[C@H](Cl)C[C@H]2O)cc1. The lowest BCUT2D eigenvalue weighted by molar-refractivity contribution is -0.141. The molecular formula is C74H109Cl3O10. The molecule has 87 heavy (non-hydrogen) atoms. The maximum absolute atomic E-state index is 11.2. The number of aliphatic carboxylic acids is 1. The van der Waals surface area contributed by atoms with Crippen molar-refractivity contribution in [2.24, 2.45) is 17.8 Å². The third-order valence-corrected chi connectivity index (χ3v) is 19.5. The van der Waals surface area contributed by atoms with Gasteiger partial charge in [-0.05, 0) is 160 Å². The second kappa shape index (κ2) is 43.7. The van der Waals surface area contributed by atoms with E-state index in [4.69, 9.17) is 39.9 Å². The third kappa shape index (κ3) is 27.6. The van der Waals surface area contributed by atoms with Crippen molar-refractivity contribution in [1.82, 2.24) is 0 Å². The summed E-state index contributed by atoms with van der Waals surface area (Å²) in [7, 11) is 2.83. The second-order valence-electron chi connectivity index (χ2n) is 24.7. The summed E-state index contributed by atoms with van der Waals surface area (Å²) in [5, 5.41) is 50.8. The van der Waals surface area contributed by atoms with Crippen LogP contribution in [0.1, 0.15) is 251 Å². The highest BCUT2D eigenvalue weighted by Gasteiger charge is 2.44. The van der Waals surface area contributed by atoms with Gasteiger partial charge in [0.25, 0.3) is 0 Å². The van der Waals surface area contributed by atoms with Crippen LogP contribution in [-0.4, -0.2) is 92.1 Å². The summed E-state index contributed by atoms with van der Waals surface area (Å²) >= 11 is 19.7. The Hall–Kier alpha value is -4.00. The Bertz CT molecular complexity index is 2430. The number of aliphatic hydroxyl groups is 4. The van der Waals surface area contributed by atoms with Crippen LogP contribution in [0.3, 0.4) is 0 Å². The molecule has 3 fully saturated rings. The number of aryl methyl sites for hydroxylation is 2. The number of rotatable bonds is 36. The van der Waals surface area contributed by atoms with Gasteiger partial charge in [0.15, 0.2) is 0 Å². The quantitative estimate of drug-likeness (QED) is 0.0163. The first-order chi connectivity index (χ1) is 42.1. The number of aliphatic hydroxyl groups excluding tert-OH is 4. The van der Waals surface area contributed by atoms with E-state index in [1.54, 1.807) is 0 Å². The van der Waals surface area contributed by atoms with Crippen molar-refractivity contribution in [3.05, 3.63) is 143 Å². The van der Waals surface area contributed by atoms with Gasteiger partial charge in [0.2, 0.25) is 0 Å². The van der Waals surface area contributed by atoms with Crippen molar-refractivity contribution in [1.29, 1.82) is 0 Å². The van der Waals surface area contributed by atoms with Crippen molar-refractivity contribution in [2.75, 3.05) is 14.2 Å². The Morgan fingerprint density at radius 1 is 0.471 bits per heavy atom. The van der Waals surface area contributed by atoms with Gasteiger partial charge < -0.3 is 35.0 Å². The lowest BCUT2D eigenvalue weighted by Gasteiger charge is -2.23. The Balaban J connectivity index is 0.000000279. The molecule has 5 N–H and O–H groups in total. The minimum absolute atomic E-state index is 0.00139. The number of halogens is 3. The number of alkyl halides is 3. The Labute approximate surface area is 539 Å². The summed E-state index contributed by atoms with van der Waals surface area (Å²) in [4.78, 5) is 32.9. The molecule has 1 unspecified atom stereocenters. The summed E-state index contributed by atoms with van der Waals surface area (Å²) in [6.45, 7) is 6.62. The number of carboxylic acid groups (broad SMARTS) is 1. The molecule has 3 aliphatic rings. The van der Waals surface area contributed by atoms with Crippen LogP contribution in [-0.2, 0) is 36.7 Å². The molecule has 0 spiro atoms. The number of methoxy groups -OCH3 is 2. The number of esters is 2. The molecule has 13 atom stereocenters. The average molecular weight is 1270 g/mol. The highest BCUT2D eigenvalue weighted by atomic mass is 35.5. The summed E-state index contributed by atoms with van der Waals surface area (Å²) < 4.78 is 9.31. The number of hydrogen-bond acceptors (Lipinski definition) is 9. The zero-order valence-corrected chi connectivity index (χ0v) is 55.6. The molecule has 3 saturated carbocycles. The van der Waals surface area contributed by atoms with E-state index in [2.05, 4.69) is 109 Å². The zero-order chi connectivity index (χ0) is 63.3. The highest BCUT2D eigenvalue weighted by Crippen LogP contribution is 2.47. The molecule has 3 aliphatic carbocycles. The van der Waals surface area contributed by atoms with Gasteiger partial charge >= 0.3 is 17.9 Å². The minimum atomic E-state index is -0.748. The van der Waals surface area contributed by atoms with Gasteiger partial charge in [0.05, 0.1) is 38.6 Å². The number of unbranched alkanes of at least 4 members (excludes halogenated alkanes) is 11. The smallest absolute Gasteiger partial charge is 0.305 e. The van der Waals surface area contributed by atoms with Crippen LogP contribution in [0.4, 0.5) is 0 Å². The average Bonchev–Trinajstić information content (AvgIpc) is 2.53. The predicted octanol–water partition coefficient (Wildman–Crippen LogP) is 17.9. The number of ether oxygens (including phenoxy) is 2. The molecule has 6 rings (SSSR count). The van der Waals surface area contributed by atoms with Gasteiger partial charge in [-0.1, -0.05) is 188 Å². The summed E-state index contributed by atoms with van der Waals surface area (Å²) in [5.74, 6) is -0.318. The van der Waals surface area contributed by atoms with Crippen molar-refractivity contribution < 1.29 is 49.4 Å². The molecule has 13 heteroatoms. The van der Waals surface area contributed by atoms with Crippen LogP contribution >= 0.6 is 34.8 Å². The van der Waals surface area contributed by atoms with E-state index in [1.807, 2.05) is 30.3 Å². The fourth-order valence-corrected chi connectivity index (χ4v) is 14.2. The molecule has 3 aromatic carbocycles. The molecule has 0 amide bonds. The molecule has 0 heterocycles. The van der Waals surface area contributed by atoms with Gasteiger partial charge in [0.1, 0.15) is 0 Å². The number of allylic oxidation sites excluding steroid dienone is 6. The van der Waals surface area contributed by atoms with Crippen molar-refractivity contribution >= 4 is 52.7 Å². The molecule has 0 bridgehead atoms. The molecule has 0 radical (unpaired) electrons. The predicted molar refractivity (Wildman–Crippen MR) is 358 cm³/mol. The first kappa shape index (κ1) is 75.5. The van der Waals surface area contributed by atoms with Gasteiger partial charge in [-0.3, -0.25) is 14.4 Å². The van der Waals surface area contributed by atoms with Crippen LogP contribution < -0.4 is 0 Å². The standard InChI is InChI=1S/C25H37ClO4.C25H37ClO3.C24H35ClO3/c1-3-4-7-11-22(27)18-13-15-19(16-14-18)25-20(21(26)17-23(25)28)10-8-5-6-9-12-24(29)30-2;1-3-4-5-8-11-19-14-16-20(17-15-19)25-21(22(26)18-23(25)27)12-9-6-7-10-13-24(28)29-2;1-2-3-4-7-10-18-13-15-19(16-14-18)24-20(21(25)17-22(24)26)11-8-5-6-9-12-23(27)28/h5,8,13-16,20-23,25,27-28H,3-4,6-7,9-12,17H2,1-2H3;6,9,14-17,21-23,25,27H,3-5,7-8,10-13,18H2,1-2H3;5,8,13-16,20-22,24,26H,2-4,6-7,9-12,17H2,1H3,(H,27,28)/b8-5-;9-6-;8-5-/t20-,21+,22?,23+,25+;21-,22+,23+,25+;20-,21+,22+,24+/m000/s1. The van der Waals surface area contributed by atoms with E-state index in [0.717, 1.165) is 101 Å². The maximum atomic E-state index is 11.2. The molecule has 0 aliphatic heterocycles. The number of carbonyl (C=O) groups is 3. The highest BCUT2D eigenvalue weighted by molar-refractivity contribution is 6.21. The number of carboxylic acids is 1. The molecule has 0 aromatic heterocycles. The fourth-order valence-electron chi connectivity index (χ4n) is 12.9. The van der Waals surface area contributed by atoms with Crippen molar-refractivity contribution in [3.8, 4) is 0 Å². The lowest BCUT2D eigenvalue weighted by atomic mass is 9.84. The number of benzene rings is 3. The molecular weight excluding hydrogens is 1160 g/mol. The first-order valence-corrected chi connectivity index (χ1v) is 34.6. The van der Waals surface area contributed by atoms with Gasteiger partial charge in [-0.15, -0.1) is 34.8 Å². The normalized spacial score (nSPS) is 24.7. The summed E-state index contributed by atoms with van der Waals surface area (Å²) in [5.41, 5.74) is 7.14. The van der Waals surface area contributed by atoms with E-state index >= 15 is 0 Å². The van der Waals surface area contributed by atoms with Crippen LogP contribution in [0.2, 0.25) is 0 Å². The molecule has 10 nitrogen and oxygen atoms in total. The molecule has 486 valence electrons.